The summed E-state index contributed by atoms with van der Waals surface area (Å²) in [5, 5.41) is 0. The highest BCUT2D eigenvalue weighted by Gasteiger charge is 2.24. The molecule has 0 saturated carbocycles. The molecule has 0 aliphatic heterocycles. The van der Waals surface area contributed by atoms with Crippen molar-refractivity contribution in [3.63, 3.8) is 0 Å². The number of unbranched alkanes of at least 4 members (excludes halogenated alkanes) is 5. The molecule has 0 aromatic heterocycles. The van der Waals surface area contributed by atoms with Gasteiger partial charge in [-0.2, -0.15) is 0 Å². The summed E-state index contributed by atoms with van der Waals surface area (Å²) < 4.78 is 39.2. The summed E-state index contributed by atoms with van der Waals surface area (Å²) in [7, 11) is 0. The van der Waals surface area contributed by atoms with Gasteiger partial charge in [0.05, 0.1) is 0 Å². The van der Waals surface area contributed by atoms with Crippen LogP contribution in [0.3, 0.4) is 0 Å². The second-order valence-electron chi connectivity index (χ2n) is 5.26. The third-order valence-electron chi connectivity index (χ3n) is 3.45. The first-order valence-electron chi connectivity index (χ1n) is 7.53. The molecule has 0 N–H and O–H groups in total. The van der Waals surface area contributed by atoms with Crippen LogP contribution in [0, 0.1) is 0 Å². The van der Waals surface area contributed by atoms with E-state index in [-0.39, 0.29) is 12.8 Å². The van der Waals surface area contributed by atoms with E-state index in [0.717, 1.165) is 12.8 Å². The van der Waals surface area contributed by atoms with Crippen molar-refractivity contribution in [2.45, 2.75) is 96.6 Å². The van der Waals surface area contributed by atoms with Gasteiger partial charge in [-0.3, -0.25) is 0 Å². The summed E-state index contributed by atoms with van der Waals surface area (Å²) in [6.07, 6.45) is 6.75. The Morgan fingerprint density at radius 3 is 1.94 bits per heavy atom. The third kappa shape index (κ3) is 10.9. The summed E-state index contributed by atoms with van der Waals surface area (Å²) in [6.45, 7) is 3.65. The van der Waals surface area contributed by atoms with E-state index in [9.17, 15) is 13.2 Å². The lowest BCUT2D eigenvalue weighted by Gasteiger charge is -2.14. The van der Waals surface area contributed by atoms with E-state index in [0.29, 0.717) is 25.7 Å². The molecular formula is C15H29F3. The summed E-state index contributed by atoms with van der Waals surface area (Å²) in [5.41, 5.74) is 0. The first-order valence-corrected chi connectivity index (χ1v) is 7.53. The van der Waals surface area contributed by atoms with E-state index < -0.39 is 12.1 Å². The van der Waals surface area contributed by atoms with E-state index in [2.05, 4.69) is 6.92 Å². The fourth-order valence-corrected chi connectivity index (χ4v) is 2.04. The Bertz CT molecular complexity index is 181. The van der Waals surface area contributed by atoms with Crippen molar-refractivity contribution >= 4 is 0 Å². The molecule has 0 aromatic carbocycles. The summed E-state index contributed by atoms with van der Waals surface area (Å²) in [6, 6.07) is 0. The Kier molecular flexibility index (Phi) is 10.6. The Morgan fingerprint density at radius 2 is 1.39 bits per heavy atom. The Morgan fingerprint density at radius 1 is 0.833 bits per heavy atom. The Labute approximate surface area is 110 Å². The minimum atomic E-state index is -2.55. The zero-order valence-corrected chi connectivity index (χ0v) is 12.0. The maximum absolute atomic E-state index is 13.4. The molecule has 18 heavy (non-hydrogen) atoms. The molecule has 0 rings (SSSR count). The van der Waals surface area contributed by atoms with Gasteiger partial charge in [0.25, 0.3) is 0 Å². The van der Waals surface area contributed by atoms with Gasteiger partial charge in [-0.1, -0.05) is 52.4 Å². The number of rotatable bonds is 12. The van der Waals surface area contributed by atoms with Crippen molar-refractivity contribution in [3.8, 4) is 0 Å². The summed E-state index contributed by atoms with van der Waals surface area (Å²) in [4.78, 5) is 0. The molecule has 110 valence electrons. The first kappa shape index (κ1) is 17.8. The lowest BCUT2D eigenvalue weighted by atomic mass is 10.0. The van der Waals surface area contributed by atoms with Gasteiger partial charge in [0, 0.05) is 12.8 Å². The lowest BCUT2D eigenvalue weighted by molar-refractivity contribution is -0.0140. The van der Waals surface area contributed by atoms with Crippen molar-refractivity contribution in [2.24, 2.45) is 0 Å². The van der Waals surface area contributed by atoms with Gasteiger partial charge in [0.1, 0.15) is 6.17 Å². The first-order chi connectivity index (χ1) is 8.52. The van der Waals surface area contributed by atoms with Crippen LogP contribution in [0.2, 0.25) is 0 Å². The van der Waals surface area contributed by atoms with E-state index >= 15 is 0 Å². The van der Waals surface area contributed by atoms with E-state index in [4.69, 9.17) is 0 Å². The molecule has 3 heteroatoms. The molecule has 0 nitrogen and oxygen atoms in total. The molecule has 1 atom stereocenters. The third-order valence-corrected chi connectivity index (χ3v) is 3.45. The minimum absolute atomic E-state index is 0.0906. The molecule has 0 aliphatic rings. The van der Waals surface area contributed by atoms with Gasteiger partial charge < -0.3 is 0 Å². The fourth-order valence-electron chi connectivity index (χ4n) is 2.04. The van der Waals surface area contributed by atoms with Crippen LogP contribution >= 0.6 is 0 Å². The van der Waals surface area contributed by atoms with E-state index in [1.54, 1.807) is 0 Å². The second kappa shape index (κ2) is 10.7. The molecule has 0 fully saturated rings. The van der Waals surface area contributed by atoms with Gasteiger partial charge in [-0.25, -0.2) is 13.2 Å². The van der Waals surface area contributed by atoms with Crippen LogP contribution in [0.15, 0.2) is 0 Å². The zero-order chi connectivity index (χ0) is 13.9. The van der Waals surface area contributed by atoms with Crippen molar-refractivity contribution in [1.82, 2.24) is 0 Å². The molecule has 1 unspecified atom stereocenters. The van der Waals surface area contributed by atoms with Gasteiger partial charge in [-0.15, -0.1) is 0 Å². The van der Waals surface area contributed by atoms with Gasteiger partial charge in [0.2, 0.25) is 5.92 Å². The lowest BCUT2D eigenvalue weighted by Crippen LogP contribution is -2.13. The van der Waals surface area contributed by atoms with Crippen LogP contribution in [-0.2, 0) is 0 Å². The monoisotopic (exact) mass is 266 g/mol. The zero-order valence-electron chi connectivity index (χ0n) is 12.0. The largest absolute Gasteiger partial charge is 0.247 e. The Hall–Kier alpha value is -0.210. The number of hydrogen-bond donors (Lipinski definition) is 0. The highest BCUT2D eigenvalue weighted by Crippen LogP contribution is 2.25. The van der Waals surface area contributed by atoms with Crippen molar-refractivity contribution in [1.29, 1.82) is 0 Å². The van der Waals surface area contributed by atoms with E-state index in [1.165, 1.54) is 26.2 Å². The van der Waals surface area contributed by atoms with Gasteiger partial charge >= 0.3 is 0 Å². The minimum Gasteiger partial charge on any atom is -0.247 e. The quantitative estimate of drug-likeness (QED) is 0.364. The van der Waals surface area contributed by atoms with Crippen molar-refractivity contribution in [3.05, 3.63) is 0 Å². The summed E-state index contributed by atoms with van der Waals surface area (Å²) >= 11 is 0. The molecule has 0 radical (unpaired) electrons. The highest BCUT2D eigenvalue weighted by atomic mass is 19.3. The highest BCUT2D eigenvalue weighted by molar-refractivity contribution is 4.64. The van der Waals surface area contributed by atoms with Crippen molar-refractivity contribution < 1.29 is 13.2 Å². The standard InChI is InChI=1S/C15H29F3/c1-3-5-6-7-8-11-14(16)12-9-10-13-15(17,18)4-2/h14H,3-13H2,1-2H3. The second-order valence-corrected chi connectivity index (χ2v) is 5.26. The molecular weight excluding hydrogens is 237 g/mol. The van der Waals surface area contributed by atoms with Crippen LogP contribution in [0.5, 0.6) is 0 Å². The number of alkyl halides is 3. The summed E-state index contributed by atoms with van der Waals surface area (Å²) in [5.74, 6) is -2.55. The smallest absolute Gasteiger partial charge is 0.247 e. The number of hydrogen-bond acceptors (Lipinski definition) is 0. The van der Waals surface area contributed by atoms with E-state index in [1.807, 2.05) is 0 Å². The Balaban J connectivity index is 3.34. The van der Waals surface area contributed by atoms with Crippen LogP contribution in [0.25, 0.3) is 0 Å². The average molecular weight is 266 g/mol. The predicted molar refractivity (Wildman–Crippen MR) is 72.0 cm³/mol. The van der Waals surface area contributed by atoms with Crippen LogP contribution in [0.1, 0.15) is 84.5 Å². The molecule has 0 aliphatic carbocycles. The van der Waals surface area contributed by atoms with Crippen LogP contribution < -0.4 is 0 Å². The topological polar surface area (TPSA) is 0 Å². The molecule has 0 heterocycles. The SMILES string of the molecule is CCCCCCCC(F)CCCCC(F)(F)CC. The number of halogens is 3. The maximum Gasteiger partial charge on any atom is 0.247 e. The fraction of sp³-hybridized carbons (Fsp3) is 1.00. The maximum atomic E-state index is 13.4. The molecule has 0 aromatic rings. The predicted octanol–water partition coefficient (Wildman–Crippen LogP) is 6.29. The van der Waals surface area contributed by atoms with Crippen molar-refractivity contribution in [2.75, 3.05) is 0 Å². The molecule has 0 spiro atoms. The van der Waals surface area contributed by atoms with Crippen LogP contribution in [0.4, 0.5) is 13.2 Å². The molecule has 0 bridgehead atoms. The molecule has 0 amide bonds. The average Bonchev–Trinajstić information content (AvgIpc) is 2.34. The van der Waals surface area contributed by atoms with Gasteiger partial charge in [0.15, 0.2) is 0 Å². The van der Waals surface area contributed by atoms with Crippen LogP contribution in [-0.4, -0.2) is 12.1 Å². The van der Waals surface area contributed by atoms with Gasteiger partial charge in [-0.05, 0) is 19.3 Å². The normalized spacial score (nSPS) is 13.8. The molecule has 0 saturated heterocycles.